The summed E-state index contributed by atoms with van der Waals surface area (Å²) >= 11 is 0. The minimum absolute atomic E-state index is 0.0598. The quantitative estimate of drug-likeness (QED) is 0.757. The zero-order chi connectivity index (χ0) is 14.8. The lowest BCUT2D eigenvalue weighted by atomic mass is 10.1. The van der Waals surface area contributed by atoms with Crippen molar-refractivity contribution in [1.82, 2.24) is 0 Å². The van der Waals surface area contributed by atoms with Crippen LogP contribution in [0.3, 0.4) is 0 Å². The number of hydrogen-bond donors (Lipinski definition) is 2. The highest BCUT2D eigenvalue weighted by Gasteiger charge is 2.14. The number of phenolic OH excluding ortho intramolecular Hbond substituents is 1. The van der Waals surface area contributed by atoms with Crippen LogP contribution in [0.2, 0.25) is 0 Å². The molecule has 0 radical (unpaired) electrons. The smallest absolute Gasteiger partial charge is 0.262 e. The Hall–Kier alpha value is -3.08. The fraction of sp³-hybridized carbons (Fsp3) is 0. The van der Waals surface area contributed by atoms with E-state index in [1.54, 1.807) is 24.3 Å². The van der Waals surface area contributed by atoms with Gasteiger partial charge in [0.1, 0.15) is 23.2 Å². The molecule has 0 aliphatic heterocycles. The Morgan fingerprint density at radius 3 is 2.62 bits per heavy atom. The van der Waals surface area contributed by atoms with E-state index in [1.165, 1.54) is 18.2 Å². The molecule has 1 aromatic heterocycles. The van der Waals surface area contributed by atoms with E-state index in [9.17, 15) is 14.7 Å². The van der Waals surface area contributed by atoms with Crippen molar-refractivity contribution in [3.63, 3.8) is 0 Å². The van der Waals surface area contributed by atoms with Crippen LogP contribution < -0.4 is 10.7 Å². The second kappa shape index (κ2) is 5.13. The molecular weight excluding hydrogens is 270 g/mol. The van der Waals surface area contributed by atoms with Crippen molar-refractivity contribution in [1.29, 1.82) is 0 Å². The number of aromatic hydroxyl groups is 1. The molecule has 0 saturated carbocycles. The van der Waals surface area contributed by atoms with Gasteiger partial charge in [0.15, 0.2) is 0 Å². The summed E-state index contributed by atoms with van der Waals surface area (Å²) in [5.74, 6) is -0.615. The fourth-order valence-corrected chi connectivity index (χ4v) is 2.00. The van der Waals surface area contributed by atoms with Gasteiger partial charge in [-0.15, -0.1) is 0 Å². The van der Waals surface area contributed by atoms with Crippen LogP contribution in [0, 0.1) is 0 Å². The predicted molar refractivity (Wildman–Crippen MR) is 78.5 cm³/mol. The van der Waals surface area contributed by atoms with Crippen LogP contribution in [0.4, 0.5) is 5.69 Å². The first kappa shape index (κ1) is 12.9. The zero-order valence-electron chi connectivity index (χ0n) is 10.9. The number of para-hydroxylation sites is 1. The van der Waals surface area contributed by atoms with Gasteiger partial charge >= 0.3 is 0 Å². The molecule has 2 aromatic carbocycles. The molecule has 0 unspecified atom stereocenters. The summed E-state index contributed by atoms with van der Waals surface area (Å²) in [6, 6.07) is 13.0. The average molecular weight is 281 g/mol. The van der Waals surface area contributed by atoms with Crippen molar-refractivity contribution in [2.45, 2.75) is 0 Å². The number of carbonyl (C=O) groups is 1. The van der Waals surface area contributed by atoms with Gasteiger partial charge in [-0.05, 0) is 30.3 Å². The highest BCUT2D eigenvalue weighted by molar-refractivity contribution is 6.05. The number of rotatable bonds is 2. The molecular formula is C16H11NO4. The molecule has 1 amide bonds. The monoisotopic (exact) mass is 281 g/mol. The van der Waals surface area contributed by atoms with Crippen molar-refractivity contribution in [2.24, 2.45) is 0 Å². The van der Waals surface area contributed by atoms with E-state index < -0.39 is 11.3 Å². The van der Waals surface area contributed by atoms with Crippen LogP contribution in [-0.4, -0.2) is 11.0 Å². The maximum Gasteiger partial charge on any atom is 0.262 e. The normalized spacial score (nSPS) is 10.5. The Morgan fingerprint density at radius 1 is 1.10 bits per heavy atom. The first-order chi connectivity index (χ1) is 10.1. The minimum atomic E-state index is -0.555. The first-order valence-electron chi connectivity index (χ1n) is 6.26. The summed E-state index contributed by atoms with van der Waals surface area (Å²) in [5.41, 5.74) is 0.296. The van der Waals surface area contributed by atoms with Gasteiger partial charge in [-0.3, -0.25) is 9.59 Å². The van der Waals surface area contributed by atoms with Gasteiger partial charge in [-0.1, -0.05) is 18.2 Å². The van der Waals surface area contributed by atoms with Gasteiger partial charge in [0, 0.05) is 5.69 Å². The fourth-order valence-electron chi connectivity index (χ4n) is 2.00. The summed E-state index contributed by atoms with van der Waals surface area (Å²) in [6.45, 7) is 0. The van der Waals surface area contributed by atoms with E-state index in [2.05, 4.69) is 5.32 Å². The van der Waals surface area contributed by atoms with Gasteiger partial charge in [0.2, 0.25) is 5.43 Å². The van der Waals surface area contributed by atoms with Gasteiger partial charge in [0.25, 0.3) is 5.91 Å². The Morgan fingerprint density at radius 2 is 1.86 bits per heavy atom. The van der Waals surface area contributed by atoms with Crippen molar-refractivity contribution in [2.75, 3.05) is 5.32 Å². The second-order valence-electron chi connectivity index (χ2n) is 4.48. The number of amides is 1. The van der Waals surface area contributed by atoms with E-state index in [1.807, 2.05) is 6.07 Å². The predicted octanol–water partition coefficient (Wildman–Crippen LogP) is 2.75. The van der Waals surface area contributed by atoms with E-state index in [-0.39, 0.29) is 16.7 Å². The second-order valence-corrected chi connectivity index (χ2v) is 4.48. The molecule has 0 fully saturated rings. The van der Waals surface area contributed by atoms with Gasteiger partial charge in [0.05, 0.1) is 5.39 Å². The third kappa shape index (κ3) is 2.49. The van der Waals surface area contributed by atoms with Crippen molar-refractivity contribution in [3.8, 4) is 5.75 Å². The van der Waals surface area contributed by atoms with Crippen LogP contribution in [0.15, 0.2) is 64.0 Å². The number of benzene rings is 2. The van der Waals surface area contributed by atoms with Crippen LogP contribution >= 0.6 is 0 Å². The first-order valence-corrected chi connectivity index (χ1v) is 6.26. The number of nitrogens with one attached hydrogen (secondary N) is 1. The molecule has 0 saturated heterocycles. The Bertz CT molecular complexity index is 868. The van der Waals surface area contributed by atoms with Crippen molar-refractivity contribution in [3.05, 3.63) is 70.6 Å². The molecule has 0 atom stereocenters. The van der Waals surface area contributed by atoms with E-state index in [0.717, 1.165) is 6.26 Å². The van der Waals surface area contributed by atoms with E-state index >= 15 is 0 Å². The molecule has 2 N–H and O–H groups in total. The van der Waals surface area contributed by atoms with Crippen LogP contribution in [0.5, 0.6) is 5.75 Å². The summed E-state index contributed by atoms with van der Waals surface area (Å²) in [7, 11) is 0. The lowest BCUT2D eigenvalue weighted by Gasteiger charge is -2.05. The lowest BCUT2D eigenvalue weighted by molar-refractivity contribution is 0.102. The van der Waals surface area contributed by atoms with Gasteiger partial charge < -0.3 is 14.8 Å². The largest absolute Gasteiger partial charge is 0.508 e. The van der Waals surface area contributed by atoms with Gasteiger partial charge in [-0.2, -0.15) is 0 Å². The van der Waals surface area contributed by atoms with Crippen LogP contribution in [0.1, 0.15) is 10.4 Å². The maximum absolute atomic E-state index is 12.3. The molecule has 5 nitrogen and oxygen atoms in total. The highest BCUT2D eigenvalue weighted by atomic mass is 16.3. The third-order valence-corrected chi connectivity index (χ3v) is 3.03. The third-order valence-electron chi connectivity index (χ3n) is 3.03. The number of fused-ring (bicyclic) bond motifs is 1. The molecule has 1 heterocycles. The number of hydrogen-bond acceptors (Lipinski definition) is 4. The number of phenols is 1. The zero-order valence-corrected chi connectivity index (χ0v) is 10.9. The Balaban J connectivity index is 2.02. The maximum atomic E-state index is 12.3. The highest BCUT2D eigenvalue weighted by Crippen LogP contribution is 2.18. The molecule has 21 heavy (non-hydrogen) atoms. The van der Waals surface area contributed by atoms with Crippen LogP contribution in [0.25, 0.3) is 11.0 Å². The topological polar surface area (TPSA) is 79.5 Å². The molecule has 5 heteroatoms. The number of anilines is 1. The molecule has 3 rings (SSSR count). The van der Waals surface area contributed by atoms with E-state index in [4.69, 9.17) is 4.42 Å². The number of carbonyl (C=O) groups excluding carboxylic acids is 1. The van der Waals surface area contributed by atoms with Crippen molar-refractivity contribution < 1.29 is 14.3 Å². The SMILES string of the molecule is O=C(Nc1ccccc1)c1coc2ccc(O)cc2c1=O. The molecule has 0 aliphatic carbocycles. The summed E-state index contributed by atoms with van der Waals surface area (Å²) in [6.07, 6.45) is 1.12. The molecule has 0 spiro atoms. The van der Waals surface area contributed by atoms with Crippen LogP contribution in [-0.2, 0) is 0 Å². The molecule has 0 aliphatic rings. The molecule has 0 bridgehead atoms. The lowest BCUT2D eigenvalue weighted by Crippen LogP contribution is -2.21. The minimum Gasteiger partial charge on any atom is -0.508 e. The molecule has 3 aromatic rings. The van der Waals surface area contributed by atoms with Crippen molar-refractivity contribution >= 4 is 22.6 Å². The molecule has 104 valence electrons. The Kier molecular flexibility index (Phi) is 3.16. The summed E-state index contributed by atoms with van der Waals surface area (Å²) < 4.78 is 5.27. The average Bonchev–Trinajstić information content (AvgIpc) is 2.49. The van der Waals surface area contributed by atoms with Gasteiger partial charge in [-0.25, -0.2) is 0 Å². The summed E-state index contributed by atoms with van der Waals surface area (Å²) in [5, 5.41) is 12.2. The van der Waals surface area contributed by atoms with E-state index in [0.29, 0.717) is 11.3 Å². The standard InChI is InChI=1S/C16H11NO4/c18-11-6-7-14-12(8-11)15(19)13(9-21-14)16(20)17-10-4-2-1-3-5-10/h1-9,18H,(H,17,20). The Labute approximate surface area is 119 Å². The summed E-state index contributed by atoms with van der Waals surface area (Å²) in [4.78, 5) is 24.4.